The van der Waals surface area contributed by atoms with Crippen LogP contribution in [0.3, 0.4) is 0 Å². The first-order chi connectivity index (χ1) is 6.23. The summed E-state index contributed by atoms with van der Waals surface area (Å²) >= 11 is 0. The number of hydrogen-bond donors (Lipinski definition) is 0. The van der Waals surface area contributed by atoms with Crippen molar-refractivity contribution in [3.05, 3.63) is 0 Å². The molecule has 0 aromatic carbocycles. The molecule has 82 valence electrons. The van der Waals surface area contributed by atoms with Crippen LogP contribution in [0.4, 0.5) is 0 Å². The highest BCUT2D eigenvalue weighted by Crippen LogP contribution is 2.53. The topological polar surface area (TPSA) is 68.3 Å². The molecular formula is C8H14O4S2. The van der Waals surface area contributed by atoms with Gasteiger partial charge in [-0.25, -0.2) is 16.8 Å². The molecule has 2 heterocycles. The van der Waals surface area contributed by atoms with Crippen molar-refractivity contribution >= 4 is 19.7 Å². The van der Waals surface area contributed by atoms with E-state index in [1.807, 2.05) is 0 Å². The van der Waals surface area contributed by atoms with Gasteiger partial charge in [0.2, 0.25) is 0 Å². The monoisotopic (exact) mass is 238 g/mol. The Morgan fingerprint density at radius 1 is 1.00 bits per heavy atom. The van der Waals surface area contributed by atoms with Gasteiger partial charge in [-0.1, -0.05) is 13.8 Å². The van der Waals surface area contributed by atoms with Crippen LogP contribution in [-0.2, 0) is 19.7 Å². The van der Waals surface area contributed by atoms with Crippen LogP contribution in [0.5, 0.6) is 0 Å². The molecule has 3 atom stereocenters. The van der Waals surface area contributed by atoms with Crippen LogP contribution in [0, 0.1) is 11.8 Å². The molecule has 3 unspecified atom stereocenters. The predicted molar refractivity (Wildman–Crippen MR) is 53.2 cm³/mol. The first-order valence-electron chi connectivity index (χ1n) is 4.67. The Morgan fingerprint density at radius 2 is 1.50 bits per heavy atom. The van der Waals surface area contributed by atoms with E-state index in [1.165, 1.54) is 0 Å². The van der Waals surface area contributed by atoms with Crippen LogP contribution < -0.4 is 0 Å². The molecule has 14 heavy (non-hydrogen) atoms. The number of hydrogen-bond acceptors (Lipinski definition) is 4. The fourth-order valence-electron chi connectivity index (χ4n) is 2.82. The minimum Gasteiger partial charge on any atom is -0.227 e. The summed E-state index contributed by atoms with van der Waals surface area (Å²) in [5.41, 5.74) is 0. The molecule has 0 amide bonds. The average molecular weight is 238 g/mol. The van der Waals surface area contributed by atoms with Gasteiger partial charge in [-0.05, 0) is 12.3 Å². The summed E-state index contributed by atoms with van der Waals surface area (Å²) in [5.74, 6) is -0.213. The molecule has 6 heteroatoms. The van der Waals surface area contributed by atoms with Crippen LogP contribution >= 0.6 is 0 Å². The summed E-state index contributed by atoms with van der Waals surface area (Å²) in [6.45, 7) is 3.52. The largest absolute Gasteiger partial charge is 0.227 e. The highest BCUT2D eigenvalue weighted by molar-refractivity contribution is 8.11. The molecule has 2 rings (SSSR count). The van der Waals surface area contributed by atoms with E-state index >= 15 is 0 Å². The van der Waals surface area contributed by atoms with Gasteiger partial charge in [-0.3, -0.25) is 0 Å². The van der Waals surface area contributed by atoms with Gasteiger partial charge < -0.3 is 0 Å². The van der Waals surface area contributed by atoms with Crippen molar-refractivity contribution in [3.8, 4) is 0 Å². The summed E-state index contributed by atoms with van der Waals surface area (Å²) < 4.78 is 45.5. The number of sulfone groups is 2. The van der Waals surface area contributed by atoms with Gasteiger partial charge in [-0.15, -0.1) is 0 Å². The van der Waals surface area contributed by atoms with E-state index in [0.717, 1.165) is 0 Å². The van der Waals surface area contributed by atoms with Gasteiger partial charge in [0.1, 0.15) is 0 Å². The van der Waals surface area contributed by atoms with Crippen molar-refractivity contribution in [1.29, 1.82) is 0 Å². The van der Waals surface area contributed by atoms with E-state index in [2.05, 4.69) is 0 Å². The molecule has 2 fully saturated rings. The second kappa shape index (κ2) is 2.52. The molecule has 0 aromatic rings. The molecular weight excluding hydrogens is 224 g/mol. The Hall–Kier alpha value is -0.100. The SMILES string of the molecule is CC1CC2(C(C)CS2(=O)=O)S(=O)(=O)C1. The molecule has 2 aliphatic rings. The molecule has 0 saturated carbocycles. The normalized spacial score (nSPS) is 49.0. The smallest absolute Gasteiger partial charge is 0.177 e. The summed E-state index contributed by atoms with van der Waals surface area (Å²) in [4.78, 5) is 0. The van der Waals surface area contributed by atoms with Crippen LogP contribution in [0.15, 0.2) is 0 Å². The van der Waals surface area contributed by atoms with Gasteiger partial charge >= 0.3 is 0 Å². The fraction of sp³-hybridized carbons (Fsp3) is 1.00. The van der Waals surface area contributed by atoms with E-state index in [0.29, 0.717) is 6.42 Å². The van der Waals surface area contributed by atoms with Crippen molar-refractivity contribution in [3.63, 3.8) is 0 Å². The molecule has 4 nitrogen and oxygen atoms in total. The molecule has 2 aliphatic heterocycles. The maximum atomic E-state index is 11.8. The maximum absolute atomic E-state index is 11.8. The zero-order chi connectivity index (χ0) is 10.8. The highest BCUT2D eigenvalue weighted by atomic mass is 32.3. The van der Waals surface area contributed by atoms with Crippen molar-refractivity contribution in [2.75, 3.05) is 11.5 Å². The first-order valence-corrected chi connectivity index (χ1v) is 7.98. The Bertz CT molecular complexity index is 462. The highest BCUT2D eigenvalue weighted by Gasteiger charge is 2.69. The van der Waals surface area contributed by atoms with Gasteiger partial charge in [0.15, 0.2) is 23.8 Å². The van der Waals surface area contributed by atoms with E-state index < -0.39 is 23.8 Å². The van der Waals surface area contributed by atoms with Crippen LogP contribution in [0.2, 0.25) is 0 Å². The zero-order valence-corrected chi connectivity index (χ0v) is 9.86. The minimum absolute atomic E-state index is 0.0244. The third kappa shape index (κ3) is 0.934. The average Bonchev–Trinajstić information content (AvgIpc) is 2.22. The second-order valence-electron chi connectivity index (χ2n) is 4.59. The van der Waals surface area contributed by atoms with Crippen molar-refractivity contribution in [2.45, 2.75) is 24.3 Å². The van der Waals surface area contributed by atoms with E-state index in [1.54, 1.807) is 13.8 Å². The lowest BCUT2D eigenvalue weighted by Crippen LogP contribution is -2.61. The summed E-state index contributed by atoms with van der Waals surface area (Å²) in [5, 5.41) is 0. The van der Waals surface area contributed by atoms with Crippen molar-refractivity contribution in [1.82, 2.24) is 0 Å². The summed E-state index contributed by atoms with van der Waals surface area (Å²) in [6, 6.07) is 0. The maximum Gasteiger partial charge on any atom is 0.177 e. The van der Waals surface area contributed by atoms with E-state index in [9.17, 15) is 16.8 Å². The van der Waals surface area contributed by atoms with Crippen molar-refractivity contribution < 1.29 is 16.8 Å². The van der Waals surface area contributed by atoms with Crippen LogP contribution in [0.25, 0.3) is 0 Å². The molecule has 0 aromatic heterocycles. The molecule has 0 radical (unpaired) electrons. The van der Waals surface area contributed by atoms with E-state index in [4.69, 9.17) is 0 Å². The molecule has 0 N–H and O–H groups in total. The predicted octanol–water partition coefficient (Wildman–Crippen LogP) is 0.202. The van der Waals surface area contributed by atoms with E-state index in [-0.39, 0.29) is 23.3 Å². The Morgan fingerprint density at radius 3 is 1.71 bits per heavy atom. The lowest BCUT2D eigenvalue weighted by molar-refractivity contribution is 0.400. The Labute approximate surface area is 84.5 Å². The standard InChI is InChI=1S/C8H14O4S2/c1-6-3-8(13(9,10)4-6)7(2)5-14(8,11)12/h6-7H,3-5H2,1-2H3. The van der Waals surface area contributed by atoms with Crippen LogP contribution in [-0.4, -0.2) is 32.4 Å². The Balaban J connectivity index is 2.62. The van der Waals surface area contributed by atoms with Crippen LogP contribution in [0.1, 0.15) is 20.3 Å². The van der Waals surface area contributed by atoms with Crippen molar-refractivity contribution in [2.24, 2.45) is 11.8 Å². The second-order valence-corrected chi connectivity index (χ2v) is 9.43. The molecule has 0 aliphatic carbocycles. The summed E-state index contributed by atoms with van der Waals surface area (Å²) in [7, 11) is -6.84. The summed E-state index contributed by atoms with van der Waals surface area (Å²) in [6.07, 6.45) is 0.291. The first kappa shape index (κ1) is 10.4. The van der Waals surface area contributed by atoms with Gasteiger partial charge in [0.05, 0.1) is 11.5 Å². The molecule has 2 saturated heterocycles. The lowest BCUT2D eigenvalue weighted by atomic mass is 9.99. The lowest BCUT2D eigenvalue weighted by Gasteiger charge is -2.42. The zero-order valence-electron chi connectivity index (χ0n) is 8.23. The van der Waals surface area contributed by atoms with Gasteiger partial charge in [-0.2, -0.15) is 0 Å². The third-order valence-electron chi connectivity index (χ3n) is 3.41. The minimum atomic E-state index is -3.44. The van der Waals surface area contributed by atoms with Gasteiger partial charge in [0.25, 0.3) is 0 Å². The van der Waals surface area contributed by atoms with Gasteiger partial charge in [0, 0.05) is 5.92 Å². The molecule has 0 bridgehead atoms. The fourth-order valence-corrected chi connectivity index (χ4v) is 9.43. The quantitative estimate of drug-likeness (QED) is 0.604. The molecule has 1 spiro atoms. The third-order valence-corrected chi connectivity index (χ3v) is 10.1. The number of rotatable bonds is 0. The Kier molecular flexibility index (Phi) is 1.88.